The molecule has 1 saturated carbocycles. The molecule has 2 rings (SSSR count). The Morgan fingerprint density at radius 3 is 2.55 bits per heavy atom. The van der Waals surface area contributed by atoms with E-state index in [4.69, 9.17) is 5.73 Å². The van der Waals surface area contributed by atoms with E-state index in [1.807, 2.05) is 14.1 Å². The normalized spacial score (nSPS) is 28.6. The number of hydrogen-bond donors (Lipinski definition) is 1. The van der Waals surface area contributed by atoms with E-state index in [-0.39, 0.29) is 11.6 Å². The summed E-state index contributed by atoms with van der Waals surface area (Å²) in [5.41, 5.74) is 6.95. The minimum absolute atomic E-state index is 0.179. The first-order valence-corrected chi connectivity index (χ1v) is 7.25. The standard InChI is InChI=1S/C16H24F2N2/c1-11-5-4-8-16(10-11,20(2)3)15(19)12-6-7-13(17)14(18)9-12/h6-7,9,11,15H,4-5,8,10,19H2,1-3H3. The molecule has 3 unspecified atom stereocenters. The van der Waals surface area contributed by atoms with Gasteiger partial charge in [0.15, 0.2) is 11.6 Å². The average Bonchev–Trinajstić information content (AvgIpc) is 2.40. The lowest BCUT2D eigenvalue weighted by molar-refractivity contribution is 0.0498. The van der Waals surface area contributed by atoms with Gasteiger partial charge < -0.3 is 10.6 Å². The van der Waals surface area contributed by atoms with Crippen LogP contribution in [0, 0.1) is 17.6 Å². The molecular weight excluding hydrogens is 258 g/mol. The van der Waals surface area contributed by atoms with Crippen molar-refractivity contribution in [3.05, 3.63) is 35.4 Å². The van der Waals surface area contributed by atoms with Crippen LogP contribution in [0.15, 0.2) is 18.2 Å². The molecule has 1 aromatic rings. The highest BCUT2D eigenvalue weighted by atomic mass is 19.2. The maximum Gasteiger partial charge on any atom is 0.159 e. The molecule has 0 bridgehead atoms. The molecule has 1 aromatic carbocycles. The van der Waals surface area contributed by atoms with Gasteiger partial charge in [0.2, 0.25) is 0 Å². The van der Waals surface area contributed by atoms with Crippen molar-refractivity contribution in [2.75, 3.05) is 14.1 Å². The van der Waals surface area contributed by atoms with E-state index < -0.39 is 11.6 Å². The first-order valence-electron chi connectivity index (χ1n) is 7.25. The number of benzene rings is 1. The smallest absolute Gasteiger partial charge is 0.159 e. The van der Waals surface area contributed by atoms with Gasteiger partial charge in [-0.1, -0.05) is 25.8 Å². The Morgan fingerprint density at radius 2 is 2.00 bits per heavy atom. The van der Waals surface area contributed by atoms with Crippen molar-refractivity contribution >= 4 is 0 Å². The van der Waals surface area contributed by atoms with Crippen LogP contribution >= 0.6 is 0 Å². The molecule has 3 atom stereocenters. The lowest BCUT2D eigenvalue weighted by Crippen LogP contribution is -2.54. The van der Waals surface area contributed by atoms with Crippen molar-refractivity contribution in [1.29, 1.82) is 0 Å². The molecule has 1 aliphatic rings. The third-order valence-electron chi connectivity index (χ3n) is 4.78. The van der Waals surface area contributed by atoms with Crippen LogP contribution in [-0.4, -0.2) is 24.5 Å². The predicted octanol–water partition coefficient (Wildman–Crippen LogP) is 3.48. The van der Waals surface area contributed by atoms with Gasteiger partial charge in [0, 0.05) is 11.6 Å². The summed E-state index contributed by atoms with van der Waals surface area (Å²) >= 11 is 0. The van der Waals surface area contributed by atoms with Gasteiger partial charge in [-0.15, -0.1) is 0 Å². The van der Waals surface area contributed by atoms with Crippen molar-refractivity contribution < 1.29 is 8.78 Å². The van der Waals surface area contributed by atoms with Crippen LogP contribution < -0.4 is 5.73 Å². The SMILES string of the molecule is CC1CCCC(C(N)c2ccc(F)c(F)c2)(N(C)C)C1. The largest absolute Gasteiger partial charge is 0.322 e. The third-order valence-corrected chi connectivity index (χ3v) is 4.78. The number of nitrogens with zero attached hydrogens (tertiary/aromatic N) is 1. The molecule has 0 heterocycles. The first kappa shape index (κ1) is 15.4. The molecule has 0 spiro atoms. The second kappa shape index (κ2) is 5.78. The molecule has 0 saturated heterocycles. The number of halogens is 2. The second-order valence-electron chi connectivity index (χ2n) is 6.35. The van der Waals surface area contributed by atoms with Gasteiger partial charge in [0.05, 0.1) is 0 Å². The molecule has 2 N–H and O–H groups in total. The van der Waals surface area contributed by atoms with E-state index in [9.17, 15) is 8.78 Å². The Hall–Kier alpha value is -1.00. The molecule has 0 amide bonds. The fourth-order valence-electron chi connectivity index (χ4n) is 3.55. The Balaban J connectivity index is 2.35. The van der Waals surface area contributed by atoms with Gasteiger partial charge in [0.25, 0.3) is 0 Å². The molecule has 20 heavy (non-hydrogen) atoms. The van der Waals surface area contributed by atoms with E-state index in [1.54, 1.807) is 6.07 Å². The maximum atomic E-state index is 13.5. The Kier molecular flexibility index (Phi) is 4.45. The van der Waals surface area contributed by atoms with Crippen molar-refractivity contribution in [1.82, 2.24) is 4.90 Å². The summed E-state index contributed by atoms with van der Waals surface area (Å²) < 4.78 is 26.6. The molecule has 0 radical (unpaired) electrons. The molecule has 0 aromatic heterocycles. The average molecular weight is 282 g/mol. The summed E-state index contributed by atoms with van der Waals surface area (Å²) in [5, 5.41) is 0. The van der Waals surface area contributed by atoms with Crippen molar-refractivity contribution in [3.8, 4) is 0 Å². The number of hydrogen-bond acceptors (Lipinski definition) is 2. The van der Waals surface area contributed by atoms with Crippen LogP contribution in [0.3, 0.4) is 0 Å². The summed E-state index contributed by atoms with van der Waals surface area (Å²) in [7, 11) is 4.05. The minimum Gasteiger partial charge on any atom is -0.322 e. The van der Waals surface area contributed by atoms with Gasteiger partial charge in [-0.3, -0.25) is 0 Å². The van der Waals surface area contributed by atoms with Crippen LogP contribution in [0.5, 0.6) is 0 Å². The zero-order chi connectivity index (χ0) is 14.9. The Morgan fingerprint density at radius 1 is 1.30 bits per heavy atom. The van der Waals surface area contributed by atoms with E-state index in [1.165, 1.54) is 18.6 Å². The van der Waals surface area contributed by atoms with E-state index >= 15 is 0 Å². The minimum atomic E-state index is -0.823. The summed E-state index contributed by atoms with van der Waals surface area (Å²) in [4.78, 5) is 2.16. The molecule has 112 valence electrons. The van der Waals surface area contributed by atoms with Gasteiger partial charge in [0.1, 0.15) is 0 Å². The van der Waals surface area contributed by atoms with Crippen molar-refractivity contribution in [2.24, 2.45) is 11.7 Å². The summed E-state index contributed by atoms with van der Waals surface area (Å²) in [6.45, 7) is 2.23. The fraction of sp³-hybridized carbons (Fsp3) is 0.625. The van der Waals surface area contributed by atoms with E-state index in [0.717, 1.165) is 19.3 Å². The van der Waals surface area contributed by atoms with Gasteiger partial charge in [-0.05, 0) is 50.6 Å². The van der Waals surface area contributed by atoms with Crippen molar-refractivity contribution in [3.63, 3.8) is 0 Å². The molecule has 2 nitrogen and oxygen atoms in total. The van der Waals surface area contributed by atoms with Crippen LogP contribution in [0.1, 0.15) is 44.2 Å². The monoisotopic (exact) mass is 282 g/mol. The van der Waals surface area contributed by atoms with Gasteiger partial charge >= 0.3 is 0 Å². The topological polar surface area (TPSA) is 29.3 Å². The molecule has 4 heteroatoms. The van der Waals surface area contributed by atoms with Crippen LogP contribution in [0.25, 0.3) is 0 Å². The predicted molar refractivity (Wildman–Crippen MR) is 77.3 cm³/mol. The van der Waals surface area contributed by atoms with Crippen LogP contribution in [0.2, 0.25) is 0 Å². The molecule has 0 aliphatic heterocycles. The first-order chi connectivity index (χ1) is 9.36. The lowest BCUT2D eigenvalue weighted by Gasteiger charge is -2.49. The Bertz CT molecular complexity index is 476. The molecular formula is C16H24F2N2. The van der Waals surface area contributed by atoms with Crippen LogP contribution in [0.4, 0.5) is 8.78 Å². The number of rotatable bonds is 3. The summed E-state index contributed by atoms with van der Waals surface area (Å²) in [6, 6.07) is 3.70. The third kappa shape index (κ3) is 2.72. The fourth-order valence-corrected chi connectivity index (χ4v) is 3.55. The number of nitrogens with two attached hydrogens (primary N) is 1. The summed E-state index contributed by atoms with van der Waals surface area (Å²) in [6.07, 6.45) is 4.31. The molecule has 1 fully saturated rings. The molecule has 1 aliphatic carbocycles. The highest BCUT2D eigenvalue weighted by molar-refractivity contribution is 5.25. The highest BCUT2D eigenvalue weighted by Crippen LogP contribution is 2.43. The van der Waals surface area contributed by atoms with Gasteiger partial charge in [-0.25, -0.2) is 8.78 Å². The van der Waals surface area contributed by atoms with E-state index in [2.05, 4.69) is 11.8 Å². The zero-order valence-electron chi connectivity index (χ0n) is 12.5. The lowest BCUT2D eigenvalue weighted by atomic mass is 9.70. The van der Waals surface area contributed by atoms with Crippen molar-refractivity contribution in [2.45, 2.75) is 44.2 Å². The maximum absolute atomic E-state index is 13.5. The highest BCUT2D eigenvalue weighted by Gasteiger charge is 2.42. The van der Waals surface area contributed by atoms with E-state index in [0.29, 0.717) is 11.5 Å². The Labute approximate surface area is 120 Å². The second-order valence-corrected chi connectivity index (χ2v) is 6.35. The number of likely N-dealkylation sites (N-methyl/N-ethyl adjacent to an activating group) is 1. The van der Waals surface area contributed by atoms with Crippen LogP contribution in [-0.2, 0) is 0 Å². The quantitative estimate of drug-likeness (QED) is 0.919. The zero-order valence-corrected chi connectivity index (χ0v) is 12.5. The van der Waals surface area contributed by atoms with Gasteiger partial charge in [-0.2, -0.15) is 0 Å². The summed E-state index contributed by atoms with van der Waals surface area (Å²) in [5.74, 6) is -1.05.